The van der Waals surface area contributed by atoms with E-state index in [1.54, 1.807) is 17.0 Å². The third-order valence-electron chi connectivity index (χ3n) is 5.33. The fourth-order valence-electron chi connectivity index (χ4n) is 3.83. The molecule has 0 unspecified atom stereocenters. The third-order valence-corrected chi connectivity index (χ3v) is 5.65. The number of hydrogen-bond donors (Lipinski definition) is 1. The van der Waals surface area contributed by atoms with Gasteiger partial charge in [-0.1, -0.05) is 41.9 Å². The molecule has 0 radical (unpaired) electrons. The van der Waals surface area contributed by atoms with Crippen LogP contribution in [0.15, 0.2) is 72.0 Å². The molecule has 0 spiro atoms. The summed E-state index contributed by atoms with van der Waals surface area (Å²) in [6, 6.07) is 16.8. The summed E-state index contributed by atoms with van der Waals surface area (Å²) in [5.74, 6) is 0.608. The van der Waals surface area contributed by atoms with Crippen molar-refractivity contribution >= 4 is 39.4 Å². The number of benzene rings is 2. The van der Waals surface area contributed by atoms with E-state index in [2.05, 4.69) is 20.3 Å². The zero-order valence-corrected chi connectivity index (χ0v) is 17.7. The number of nitrogens with zero attached hydrogens (tertiary/aromatic N) is 5. The molecule has 0 aliphatic carbocycles. The van der Waals surface area contributed by atoms with Gasteiger partial charge < -0.3 is 9.88 Å². The Bertz CT molecular complexity index is 1470. The number of halogens is 1. The molecule has 3 heterocycles. The Kier molecular flexibility index (Phi) is 4.67. The normalized spacial score (nSPS) is 12.4. The largest absolute Gasteiger partial charge is 0.360 e. The van der Waals surface area contributed by atoms with E-state index in [9.17, 15) is 4.79 Å². The zero-order valence-electron chi connectivity index (χ0n) is 17.0. The van der Waals surface area contributed by atoms with Crippen LogP contribution in [0.5, 0.6) is 0 Å². The van der Waals surface area contributed by atoms with Crippen LogP contribution in [0.3, 0.4) is 0 Å². The molecule has 154 valence electrons. The zero-order chi connectivity index (χ0) is 21.5. The molecule has 31 heavy (non-hydrogen) atoms. The molecule has 0 saturated heterocycles. The molecule has 1 atom stereocenters. The first-order chi connectivity index (χ1) is 15.0. The molecule has 0 amide bonds. The van der Waals surface area contributed by atoms with Crippen LogP contribution in [0.25, 0.3) is 27.6 Å². The van der Waals surface area contributed by atoms with Gasteiger partial charge in [0, 0.05) is 18.4 Å². The Hall–Kier alpha value is -3.71. The van der Waals surface area contributed by atoms with Gasteiger partial charge in [0.2, 0.25) is 0 Å². The highest BCUT2D eigenvalue weighted by atomic mass is 35.5. The fourth-order valence-corrected chi connectivity index (χ4v) is 4.09. The SMILES string of the molecule is C[C@H](Nc1ncnc2c1ncn2C)c1cc2cccc(Cl)c2c(=O)n1-c1ccccc1. The van der Waals surface area contributed by atoms with E-state index >= 15 is 0 Å². The van der Waals surface area contributed by atoms with Crippen molar-refractivity contribution < 1.29 is 0 Å². The average molecular weight is 431 g/mol. The van der Waals surface area contributed by atoms with Gasteiger partial charge in [-0.3, -0.25) is 9.36 Å². The number of para-hydroxylation sites is 1. The molecule has 5 aromatic rings. The maximum Gasteiger partial charge on any atom is 0.264 e. The highest BCUT2D eigenvalue weighted by molar-refractivity contribution is 6.35. The minimum Gasteiger partial charge on any atom is -0.360 e. The molecule has 1 N–H and O–H groups in total. The summed E-state index contributed by atoms with van der Waals surface area (Å²) in [7, 11) is 1.88. The van der Waals surface area contributed by atoms with Crippen LogP contribution in [0.2, 0.25) is 5.02 Å². The van der Waals surface area contributed by atoms with Gasteiger partial charge in [0.05, 0.1) is 22.8 Å². The lowest BCUT2D eigenvalue weighted by Gasteiger charge is -2.21. The van der Waals surface area contributed by atoms with Gasteiger partial charge in [-0.15, -0.1) is 0 Å². The topological polar surface area (TPSA) is 77.6 Å². The first kappa shape index (κ1) is 19.3. The van der Waals surface area contributed by atoms with E-state index < -0.39 is 0 Å². The molecule has 7 nitrogen and oxygen atoms in total. The minimum atomic E-state index is -0.253. The summed E-state index contributed by atoms with van der Waals surface area (Å²) in [5.41, 5.74) is 2.80. The molecule has 2 aromatic carbocycles. The number of nitrogens with one attached hydrogen (secondary N) is 1. The predicted molar refractivity (Wildman–Crippen MR) is 123 cm³/mol. The number of fused-ring (bicyclic) bond motifs is 2. The van der Waals surface area contributed by atoms with Crippen LogP contribution >= 0.6 is 11.6 Å². The van der Waals surface area contributed by atoms with Crippen molar-refractivity contribution in [3.05, 3.63) is 88.3 Å². The average Bonchev–Trinajstić information content (AvgIpc) is 3.16. The lowest BCUT2D eigenvalue weighted by molar-refractivity contribution is 0.774. The third kappa shape index (κ3) is 3.23. The van der Waals surface area contributed by atoms with Crippen LogP contribution in [0.4, 0.5) is 5.82 Å². The summed E-state index contributed by atoms with van der Waals surface area (Å²) >= 11 is 6.39. The summed E-state index contributed by atoms with van der Waals surface area (Å²) in [6.45, 7) is 1.99. The molecule has 0 bridgehead atoms. The quantitative estimate of drug-likeness (QED) is 0.454. The monoisotopic (exact) mass is 430 g/mol. The van der Waals surface area contributed by atoms with Crippen molar-refractivity contribution in [1.82, 2.24) is 24.1 Å². The molecule has 0 fully saturated rings. The number of hydrogen-bond acceptors (Lipinski definition) is 5. The Morgan fingerprint density at radius 3 is 2.65 bits per heavy atom. The van der Waals surface area contributed by atoms with Crippen molar-refractivity contribution in [2.75, 3.05) is 5.32 Å². The van der Waals surface area contributed by atoms with Gasteiger partial charge in [-0.25, -0.2) is 15.0 Å². The second kappa shape index (κ2) is 7.52. The van der Waals surface area contributed by atoms with E-state index in [0.717, 1.165) is 22.4 Å². The number of rotatable bonds is 4. The predicted octanol–water partition coefficient (Wildman–Crippen LogP) is 4.49. The number of aromatic nitrogens is 5. The molecule has 8 heteroatoms. The molecular formula is C23H19ClN6O. The van der Waals surface area contributed by atoms with Crippen LogP contribution in [0, 0.1) is 0 Å². The molecule has 0 aliphatic heterocycles. The van der Waals surface area contributed by atoms with Crippen LogP contribution in [-0.4, -0.2) is 24.1 Å². The Labute approximate surface area is 183 Å². The molecule has 0 aliphatic rings. The first-order valence-corrected chi connectivity index (χ1v) is 10.2. The Morgan fingerprint density at radius 2 is 1.84 bits per heavy atom. The first-order valence-electron chi connectivity index (χ1n) is 9.83. The van der Waals surface area contributed by atoms with Crippen molar-refractivity contribution in [3.63, 3.8) is 0 Å². The lowest BCUT2D eigenvalue weighted by atomic mass is 10.1. The minimum absolute atomic E-state index is 0.163. The Morgan fingerprint density at radius 1 is 1.03 bits per heavy atom. The molecule has 3 aromatic heterocycles. The van der Waals surface area contributed by atoms with Crippen LogP contribution in [-0.2, 0) is 7.05 Å². The Balaban J connectivity index is 1.70. The van der Waals surface area contributed by atoms with E-state index in [-0.39, 0.29) is 11.6 Å². The van der Waals surface area contributed by atoms with Gasteiger partial charge in [0.1, 0.15) is 11.8 Å². The fraction of sp³-hybridized carbons (Fsp3) is 0.130. The van der Waals surface area contributed by atoms with E-state index in [4.69, 9.17) is 11.6 Å². The van der Waals surface area contributed by atoms with Crippen molar-refractivity contribution in [2.45, 2.75) is 13.0 Å². The molecular weight excluding hydrogens is 412 g/mol. The number of anilines is 1. The van der Waals surface area contributed by atoms with Crippen LogP contribution in [0.1, 0.15) is 18.7 Å². The maximum atomic E-state index is 13.6. The van der Waals surface area contributed by atoms with Gasteiger partial charge in [0.25, 0.3) is 5.56 Å². The summed E-state index contributed by atoms with van der Waals surface area (Å²) in [4.78, 5) is 26.6. The number of imidazole rings is 1. The smallest absolute Gasteiger partial charge is 0.264 e. The van der Waals surface area contributed by atoms with Gasteiger partial charge in [-0.05, 0) is 36.6 Å². The van der Waals surface area contributed by atoms with Crippen molar-refractivity contribution in [3.8, 4) is 5.69 Å². The van der Waals surface area contributed by atoms with Crippen LogP contribution < -0.4 is 10.9 Å². The number of aryl methyl sites for hydroxylation is 1. The van der Waals surface area contributed by atoms with Gasteiger partial charge in [-0.2, -0.15) is 0 Å². The van der Waals surface area contributed by atoms with Crippen molar-refractivity contribution in [2.24, 2.45) is 7.05 Å². The highest BCUT2D eigenvalue weighted by Gasteiger charge is 2.19. The van der Waals surface area contributed by atoms with Gasteiger partial charge >= 0.3 is 0 Å². The molecule has 0 saturated carbocycles. The second-order valence-electron chi connectivity index (χ2n) is 7.37. The van der Waals surface area contributed by atoms with Gasteiger partial charge in [0.15, 0.2) is 11.5 Å². The van der Waals surface area contributed by atoms with Crippen molar-refractivity contribution in [1.29, 1.82) is 0 Å². The number of pyridine rings is 1. The highest BCUT2D eigenvalue weighted by Crippen LogP contribution is 2.28. The standard InChI is InChI=1S/C23H19ClN6O/c1-14(28-21-20-22(26-12-25-21)29(2)13-27-20)18-11-15-7-6-10-17(24)19(15)23(31)30(18)16-8-4-3-5-9-16/h3-14H,1-2H3,(H,25,26,28)/t14-/m0/s1. The van der Waals surface area contributed by atoms with E-state index in [1.165, 1.54) is 6.33 Å². The molecule has 5 rings (SSSR count). The van der Waals surface area contributed by atoms with E-state index in [1.807, 2.05) is 67.1 Å². The lowest BCUT2D eigenvalue weighted by Crippen LogP contribution is -2.25. The summed E-state index contributed by atoms with van der Waals surface area (Å²) in [5, 5.41) is 5.14. The maximum absolute atomic E-state index is 13.6. The van der Waals surface area contributed by atoms with E-state index in [0.29, 0.717) is 21.7 Å². The summed E-state index contributed by atoms with van der Waals surface area (Å²) in [6.07, 6.45) is 3.20. The second-order valence-corrected chi connectivity index (χ2v) is 7.77. The summed E-state index contributed by atoms with van der Waals surface area (Å²) < 4.78 is 3.54.